The molecule has 0 aromatic carbocycles. The SMILES string of the molecule is CCCCC[C@H](O)/C=C/[C@@H]1[C@@H](C/C=C/CCCC(=O)OC[C@@H](O)COC(=O)CCCCCCCCCCC(C)C)[C@@H](O)C[C@H]1O. The molecule has 0 amide bonds. The Hall–Kier alpha value is -1.74. The summed E-state index contributed by atoms with van der Waals surface area (Å²) in [4.78, 5) is 24.0. The molecule has 0 aromatic rings. The molecule has 0 radical (unpaired) electrons. The van der Waals surface area contributed by atoms with Crippen molar-refractivity contribution in [2.45, 2.75) is 167 Å². The van der Waals surface area contributed by atoms with E-state index in [9.17, 15) is 30.0 Å². The van der Waals surface area contributed by atoms with Gasteiger partial charge in [-0.05, 0) is 43.9 Å². The summed E-state index contributed by atoms with van der Waals surface area (Å²) in [5.41, 5.74) is 0. The summed E-state index contributed by atoms with van der Waals surface area (Å²) in [6.45, 7) is 6.27. The fourth-order valence-electron chi connectivity index (χ4n) is 5.85. The summed E-state index contributed by atoms with van der Waals surface area (Å²) in [5.74, 6) is -0.267. The third-order valence-corrected chi connectivity index (χ3v) is 8.69. The van der Waals surface area contributed by atoms with Crippen molar-refractivity contribution in [1.29, 1.82) is 0 Å². The number of aliphatic hydroxyl groups is 4. The Bertz CT molecular complexity index is 810. The van der Waals surface area contributed by atoms with Crippen molar-refractivity contribution in [1.82, 2.24) is 0 Å². The van der Waals surface area contributed by atoms with Gasteiger partial charge in [0.15, 0.2) is 0 Å². The molecule has 6 atom stereocenters. The van der Waals surface area contributed by atoms with Gasteiger partial charge in [0.25, 0.3) is 0 Å². The van der Waals surface area contributed by atoms with E-state index >= 15 is 0 Å². The smallest absolute Gasteiger partial charge is 0.305 e. The lowest BCUT2D eigenvalue weighted by atomic mass is 9.89. The maximum absolute atomic E-state index is 12.0. The van der Waals surface area contributed by atoms with Crippen LogP contribution in [0.3, 0.4) is 0 Å². The molecular formula is C37H66O8. The molecule has 45 heavy (non-hydrogen) atoms. The first kappa shape index (κ1) is 41.3. The van der Waals surface area contributed by atoms with Gasteiger partial charge in [0.05, 0.1) is 18.3 Å². The Morgan fingerprint density at radius 2 is 1.33 bits per heavy atom. The van der Waals surface area contributed by atoms with Crippen LogP contribution in [0, 0.1) is 17.8 Å². The van der Waals surface area contributed by atoms with Gasteiger partial charge in [0.2, 0.25) is 0 Å². The van der Waals surface area contributed by atoms with Gasteiger partial charge in [-0.15, -0.1) is 0 Å². The van der Waals surface area contributed by atoms with Crippen LogP contribution in [0.1, 0.15) is 143 Å². The highest BCUT2D eigenvalue weighted by molar-refractivity contribution is 5.69. The molecule has 1 aliphatic rings. The molecule has 262 valence electrons. The largest absolute Gasteiger partial charge is 0.463 e. The Kier molecular flexibility index (Phi) is 24.2. The molecule has 0 unspecified atom stereocenters. The maximum atomic E-state index is 12.0. The number of esters is 2. The van der Waals surface area contributed by atoms with E-state index in [4.69, 9.17) is 9.47 Å². The third kappa shape index (κ3) is 21.6. The molecule has 0 aliphatic heterocycles. The van der Waals surface area contributed by atoms with Crippen LogP contribution in [0.4, 0.5) is 0 Å². The number of unbranched alkanes of at least 4 members (excludes halogenated alkanes) is 10. The normalized spacial score (nSPS) is 21.6. The van der Waals surface area contributed by atoms with E-state index in [-0.39, 0.29) is 37.4 Å². The van der Waals surface area contributed by atoms with E-state index in [0.29, 0.717) is 38.5 Å². The first-order valence-electron chi connectivity index (χ1n) is 18.0. The van der Waals surface area contributed by atoms with Crippen LogP contribution >= 0.6 is 0 Å². The van der Waals surface area contributed by atoms with Crippen molar-refractivity contribution in [3.63, 3.8) is 0 Å². The zero-order valence-corrected chi connectivity index (χ0v) is 28.6. The lowest BCUT2D eigenvalue weighted by Gasteiger charge is -2.19. The monoisotopic (exact) mass is 638 g/mol. The summed E-state index contributed by atoms with van der Waals surface area (Å²) >= 11 is 0. The summed E-state index contributed by atoms with van der Waals surface area (Å²) < 4.78 is 10.2. The van der Waals surface area contributed by atoms with E-state index in [1.54, 1.807) is 6.08 Å². The van der Waals surface area contributed by atoms with E-state index < -0.39 is 30.4 Å². The first-order valence-corrected chi connectivity index (χ1v) is 18.0. The lowest BCUT2D eigenvalue weighted by molar-refractivity contribution is -0.152. The topological polar surface area (TPSA) is 134 Å². The van der Waals surface area contributed by atoms with E-state index in [1.165, 1.54) is 38.5 Å². The van der Waals surface area contributed by atoms with Crippen LogP contribution in [0.15, 0.2) is 24.3 Å². The second-order valence-electron chi connectivity index (χ2n) is 13.4. The quantitative estimate of drug-likeness (QED) is 0.0431. The molecule has 8 nitrogen and oxygen atoms in total. The maximum Gasteiger partial charge on any atom is 0.305 e. The molecule has 1 saturated carbocycles. The number of hydrogen-bond acceptors (Lipinski definition) is 8. The van der Waals surface area contributed by atoms with Crippen molar-refractivity contribution in [3.05, 3.63) is 24.3 Å². The van der Waals surface area contributed by atoms with Gasteiger partial charge >= 0.3 is 11.9 Å². The summed E-state index contributed by atoms with van der Waals surface area (Å²) in [5, 5.41) is 41.0. The number of carbonyl (C=O) groups is 2. The average molecular weight is 639 g/mol. The summed E-state index contributed by atoms with van der Waals surface area (Å²) in [6, 6.07) is 0. The van der Waals surface area contributed by atoms with Crippen molar-refractivity contribution in [2.24, 2.45) is 17.8 Å². The number of allylic oxidation sites excluding steroid dienone is 2. The molecule has 8 heteroatoms. The van der Waals surface area contributed by atoms with Crippen LogP contribution < -0.4 is 0 Å². The highest BCUT2D eigenvalue weighted by Gasteiger charge is 2.39. The molecule has 0 spiro atoms. The van der Waals surface area contributed by atoms with Crippen LogP contribution in [0.5, 0.6) is 0 Å². The fraction of sp³-hybridized carbons (Fsp3) is 0.838. The average Bonchev–Trinajstić information content (AvgIpc) is 3.27. The Morgan fingerprint density at radius 3 is 1.96 bits per heavy atom. The van der Waals surface area contributed by atoms with Crippen LogP contribution in [-0.2, 0) is 19.1 Å². The zero-order valence-electron chi connectivity index (χ0n) is 28.6. The van der Waals surface area contributed by atoms with Gasteiger partial charge in [0.1, 0.15) is 19.3 Å². The molecule has 4 N–H and O–H groups in total. The standard InChI is InChI=1S/C37H66O8/c1-4-5-14-20-30(38)24-25-33-32(34(40)26-35(33)41)21-16-12-13-18-23-37(43)45-28-31(39)27-44-36(42)22-17-11-9-7-6-8-10-15-19-29(2)3/h12,16,24-25,29-35,38-41H,4-11,13-15,17-23,26-28H2,1-3H3/b16-12+,25-24+/t30-,31-,32+,33+,34-,35+/m0/s1. The molecule has 0 heterocycles. The number of ether oxygens (including phenoxy) is 2. The minimum Gasteiger partial charge on any atom is -0.463 e. The van der Waals surface area contributed by atoms with Gasteiger partial charge in [-0.3, -0.25) is 9.59 Å². The zero-order chi connectivity index (χ0) is 33.3. The van der Waals surface area contributed by atoms with E-state index in [2.05, 4.69) is 20.8 Å². The minimum absolute atomic E-state index is 0.116. The van der Waals surface area contributed by atoms with Crippen molar-refractivity contribution in [2.75, 3.05) is 13.2 Å². The van der Waals surface area contributed by atoms with Gasteiger partial charge in [-0.25, -0.2) is 0 Å². The highest BCUT2D eigenvalue weighted by Crippen LogP contribution is 2.36. The summed E-state index contributed by atoms with van der Waals surface area (Å²) in [7, 11) is 0. The Morgan fingerprint density at radius 1 is 0.756 bits per heavy atom. The van der Waals surface area contributed by atoms with Crippen molar-refractivity contribution >= 4 is 11.9 Å². The molecule has 1 aliphatic carbocycles. The number of aliphatic hydroxyl groups excluding tert-OH is 4. The second-order valence-corrected chi connectivity index (χ2v) is 13.4. The predicted molar refractivity (Wildman–Crippen MR) is 179 cm³/mol. The molecule has 0 bridgehead atoms. The minimum atomic E-state index is -1.04. The Labute approximate surface area is 273 Å². The van der Waals surface area contributed by atoms with Crippen molar-refractivity contribution < 1.29 is 39.5 Å². The van der Waals surface area contributed by atoms with Crippen LogP contribution in [0.25, 0.3) is 0 Å². The van der Waals surface area contributed by atoms with Crippen LogP contribution in [0.2, 0.25) is 0 Å². The third-order valence-electron chi connectivity index (χ3n) is 8.69. The highest BCUT2D eigenvalue weighted by atomic mass is 16.6. The van der Waals surface area contributed by atoms with Gasteiger partial charge < -0.3 is 29.9 Å². The predicted octanol–water partition coefficient (Wildman–Crippen LogP) is 6.96. The summed E-state index contributed by atoms with van der Waals surface area (Å²) in [6.07, 6.45) is 22.0. The molecule has 1 rings (SSSR count). The first-order chi connectivity index (χ1) is 21.6. The molecule has 0 saturated heterocycles. The van der Waals surface area contributed by atoms with Crippen molar-refractivity contribution in [3.8, 4) is 0 Å². The molecular weight excluding hydrogens is 572 g/mol. The molecule has 1 fully saturated rings. The van der Waals surface area contributed by atoms with E-state index in [1.807, 2.05) is 18.2 Å². The van der Waals surface area contributed by atoms with Crippen LogP contribution in [-0.4, -0.2) is 70.0 Å². The number of hydrogen-bond donors (Lipinski definition) is 4. The number of rotatable bonds is 27. The van der Waals surface area contributed by atoms with Gasteiger partial charge in [-0.2, -0.15) is 0 Å². The second kappa shape index (κ2) is 26.3. The fourth-order valence-corrected chi connectivity index (χ4v) is 5.85. The van der Waals surface area contributed by atoms with E-state index in [0.717, 1.165) is 44.4 Å². The Balaban J connectivity index is 2.11. The van der Waals surface area contributed by atoms with Gasteiger partial charge in [0, 0.05) is 25.2 Å². The lowest BCUT2D eigenvalue weighted by Crippen LogP contribution is -2.25. The van der Waals surface area contributed by atoms with Gasteiger partial charge in [-0.1, -0.05) is 116 Å². The number of carbonyl (C=O) groups excluding carboxylic acids is 2. The molecule has 0 aromatic heterocycles.